The molecule has 0 bridgehead atoms. The van der Waals surface area contributed by atoms with E-state index in [4.69, 9.17) is 5.73 Å². The minimum absolute atomic E-state index is 0.0182. The lowest BCUT2D eigenvalue weighted by atomic mass is 9.73. The zero-order chi connectivity index (χ0) is 13.7. The average molecular weight is 263 g/mol. The van der Waals surface area contributed by atoms with Crippen LogP contribution in [0.15, 0.2) is 12.4 Å². The van der Waals surface area contributed by atoms with Crippen molar-refractivity contribution in [3.63, 3.8) is 0 Å². The molecule has 0 aliphatic heterocycles. The molecule has 1 fully saturated rings. The van der Waals surface area contributed by atoms with E-state index in [9.17, 15) is 0 Å². The van der Waals surface area contributed by atoms with Crippen LogP contribution in [-0.2, 0) is 13.0 Å². The lowest BCUT2D eigenvalue weighted by molar-refractivity contribution is 0.221. The first-order valence-electron chi connectivity index (χ1n) is 7.95. The molecule has 0 aromatic carbocycles. The second kappa shape index (κ2) is 6.56. The number of hydrogen-bond acceptors (Lipinski definition) is 2. The summed E-state index contributed by atoms with van der Waals surface area (Å²) in [6, 6.07) is 0. The van der Waals surface area contributed by atoms with Crippen molar-refractivity contribution in [1.82, 2.24) is 9.78 Å². The molecule has 2 N–H and O–H groups in total. The minimum Gasteiger partial charge on any atom is -0.325 e. The van der Waals surface area contributed by atoms with E-state index >= 15 is 0 Å². The third kappa shape index (κ3) is 4.07. The van der Waals surface area contributed by atoms with Crippen molar-refractivity contribution < 1.29 is 0 Å². The molecule has 0 radical (unpaired) electrons. The summed E-state index contributed by atoms with van der Waals surface area (Å²) in [5.74, 6) is 0.926. The van der Waals surface area contributed by atoms with Gasteiger partial charge in [-0.15, -0.1) is 0 Å². The van der Waals surface area contributed by atoms with E-state index in [1.165, 1.54) is 50.5 Å². The summed E-state index contributed by atoms with van der Waals surface area (Å²) in [5, 5.41) is 4.35. The fourth-order valence-electron chi connectivity index (χ4n) is 3.29. The Bertz CT molecular complexity index is 375. The summed E-state index contributed by atoms with van der Waals surface area (Å²) >= 11 is 0. The standard InChI is InChI=1S/C16H29N3/c1-3-5-6-14-7-9-16(17,10-8-14)11-15-12-18-19(4-2)13-15/h12-14H,3-11,17H2,1-2H3. The number of rotatable bonds is 6. The molecule has 0 spiro atoms. The van der Waals surface area contributed by atoms with Gasteiger partial charge in [0.15, 0.2) is 0 Å². The molecule has 1 aromatic heterocycles. The van der Waals surface area contributed by atoms with E-state index in [0.717, 1.165) is 18.9 Å². The molecule has 0 atom stereocenters. The molecule has 1 aliphatic carbocycles. The number of nitrogens with two attached hydrogens (primary N) is 1. The predicted octanol–water partition coefficient (Wildman–Crippen LogP) is 3.52. The molecule has 1 saturated carbocycles. The first-order valence-corrected chi connectivity index (χ1v) is 7.95. The summed E-state index contributed by atoms with van der Waals surface area (Å²) in [4.78, 5) is 0. The van der Waals surface area contributed by atoms with E-state index in [-0.39, 0.29) is 5.54 Å². The number of aromatic nitrogens is 2. The summed E-state index contributed by atoms with van der Waals surface area (Å²) in [7, 11) is 0. The molecular formula is C16H29N3. The Hall–Kier alpha value is -0.830. The number of aryl methyl sites for hydroxylation is 1. The van der Waals surface area contributed by atoms with Crippen LogP contribution >= 0.6 is 0 Å². The topological polar surface area (TPSA) is 43.8 Å². The molecule has 1 aliphatic rings. The first-order chi connectivity index (χ1) is 9.15. The maximum Gasteiger partial charge on any atom is 0.0522 e. The first kappa shape index (κ1) is 14.6. The van der Waals surface area contributed by atoms with Gasteiger partial charge in [0.1, 0.15) is 0 Å². The van der Waals surface area contributed by atoms with Crippen molar-refractivity contribution >= 4 is 0 Å². The van der Waals surface area contributed by atoms with Crippen molar-refractivity contribution in [1.29, 1.82) is 0 Å². The van der Waals surface area contributed by atoms with Gasteiger partial charge in [-0.1, -0.05) is 26.2 Å². The smallest absolute Gasteiger partial charge is 0.0522 e. The Morgan fingerprint density at radius 2 is 2.11 bits per heavy atom. The van der Waals surface area contributed by atoms with Crippen molar-refractivity contribution in [2.24, 2.45) is 11.7 Å². The van der Waals surface area contributed by atoms with Crippen molar-refractivity contribution in [2.45, 2.75) is 77.3 Å². The lowest BCUT2D eigenvalue weighted by Crippen LogP contribution is -2.45. The average Bonchev–Trinajstić information content (AvgIpc) is 2.85. The van der Waals surface area contributed by atoms with Gasteiger partial charge in [-0.2, -0.15) is 5.10 Å². The predicted molar refractivity (Wildman–Crippen MR) is 80.0 cm³/mol. The van der Waals surface area contributed by atoms with Crippen LogP contribution in [0.1, 0.15) is 64.4 Å². The molecule has 0 saturated heterocycles. The zero-order valence-electron chi connectivity index (χ0n) is 12.6. The fraction of sp³-hybridized carbons (Fsp3) is 0.812. The van der Waals surface area contributed by atoms with Crippen LogP contribution in [0.3, 0.4) is 0 Å². The van der Waals surface area contributed by atoms with Crippen molar-refractivity contribution in [3.05, 3.63) is 18.0 Å². The highest BCUT2D eigenvalue weighted by molar-refractivity contribution is 5.10. The van der Waals surface area contributed by atoms with Gasteiger partial charge in [-0.3, -0.25) is 4.68 Å². The molecule has 108 valence electrons. The highest BCUT2D eigenvalue weighted by Crippen LogP contribution is 2.35. The van der Waals surface area contributed by atoms with Crippen LogP contribution in [-0.4, -0.2) is 15.3 Å². The Morgan fingerprint density at radius 3 is 2.68 bits per heavy atom. The van der Waals surface area contributed by atoms with E-state index < -0.39 is 0 Å². The summed E-state index contributed by atoms with van der Waals surface area (Å²) in [6.45, 7) is 5.34. The lowest BCUT2D eigenvalue weighted by Gasteiger charge is -2.37. The van der Waals surface area contributed by atoms with Gasteiger partial charge in [-0.05, 0) is 50.5 Å². The molecule has 1 heterocycles. The number of unbranched alkanes of at least 4 members (excludes halogenated alkanes) is 1. The Kier molecular flexibility index (Phi) is 5.03. The highest BCUT2D eigenvalue weighted by Gasteiger charge is 2.31. The quantitative estimate of drug-likeness (QED) is 0.853. The van der Waals surface area contributed by atoms with Gasteiger partial charge < -0.3 is 5.73 Å². The highest BCUT2D eigenvalue weighted by atomic mass is 15.3. The van der Waals surface area contributed by atoms with Gasteiger partial charge in [0.2, 0.25) is 0 Å². The Labute approximate surface area is 117 Å². The van der Waals surface area contributed by atoms with Crippen LogP contribution < -0.4 is 5.73 Å². The van der Waals surface area contributed by atoms with Gasteiger partial charge in [-0.25, -0.2) is 0 Å². The van der Waals surface area contributed by atoms with E-state index in [2.05, 4.69) is 25.1 Å². The monoisotopic (exact) mass is 263 g/mol. The van der Waals surface area contributed by atoms with E-state index in [0.29, 0.717) is 0 Å². The SMILES string of the molecule is CCCCC1CCC(N)(Cc2cnn(CC)c2)CC1. The molecule has 3 nitrogen and oxygen atoms in total. The molecular weight excluding hydrogens is 234 g/mol. The second-order valence-corrected chi connectivity index (χ2v) is 6.33. The molecule has 0 unspecified atom stereocenters. The number of hydrogen-bond donors (Lipinski definition) is 1. The van der Waals surface area contributed by atoms with Crippen LogP contribution in [0.2, 0.25) is 0 Å². The molecule has 19 heavy (non-hydrogen) atoms. The van der Waals surface area contributed by atoms with E-state index in [1.54, 1.807) is 0 Å². The van der Waals surface area contributed by atoms with Crippen LogP contribution in [0.5, 0.6) is 0 Å². The molecule has 0 amide bonds. The number of nitrogens with zero attached hydrogens (tertiary/aromatic N) is 2. The van der Waals surface area contributed by atoms with Crippen molar-refractivity contribution in [2.75, 3.05) is 0 Å². The maximum absolute atomic E-state index is 6.60. The summed E-state index contributed by atoms with van der Waals surface area (Å²) in [6.07, 6.45) is 14.2. The molecule has 2 rings (SSSR count). The Balaban J connectivity index is 1.84. The molecule has 3 heteroatoms. The van der Waals surface area contributed by atoms with Gasteiger partial charge in [0.05, 0.1) is 6.20 Å². The van der Waals surface area contributed by atoms with Crippen LogP contribution in [0.25, 0.3) is 0 Å². The fourth-order valence-corrected chi connectivity index (χ4v) is 3.29. The normalized spacial score (nSPS) is 27.6. The third-order valence-electron chi connectivity index (χ3n) is 4.63. The zero-order valence-corrected chi connectivity index (χ0v) is 12.6. The largest absolute Gasteiger partial charge is 0.325 e. The van der Waals surface area contributed by atoms with E-state index in [1.807, 2.05) is 10.9 Å². The minimum atomic E-state index is 0.0182. The summed E-state index contributed by atoms with van der Waals surface area (Å²) in [5.41, 5.74) is 7.92. The van der Waals surface area contributed by atoms with Gasteiger partial charge >= 0.3 is 0 Å². The van der Waals surface area contributed by atoms with Crippen LogP contribution in [0, 0.1) is 5.92 Å². The molecule has 1 aromatic rings. The van der Waals surface area contributed by atoms with Crippen molar-refractivity contribution in [3.8, 4) is 0 Å². The van der Waals surface area contributed by atoms with Crippen LogP contribution in [0.4, 0.5) is 0 Å². The third-order valence-corrected chi connectivity index (χ3v) is 4.63. The second-order valence-electron chi connectivity index (χ2n) is 6.33. The van der Waals surface area contributed by atoms with Gasteiger partial charge in [0, 0.05) is 18.3 Å². The van der Waals surface area contributed by atoms with Gasteiger partial charge in [0.25, 0.3) is 0 Å². The maximum atomic E-state index is 6.60. The summed E-state index contributed by atoms with van der Waals surface area (Å²) < 4.78 is 1.99. The Morgan fingerprint density at radius 1 is 1.37 bits per heavy atom.